The number of carbonyl (C=O) groups excluding carboxylic acids is 3. The van der Waals surface area contributed by atoms with E-state index >= 15 is 0 Å². The molecule has 1 fully saturated rings. The first-order valence-electron chi connectivity index (χ1n) is 7.38. The second-order valence-corrected chi connectivity index (χ2v) is 5.53. The molecule has 1 saturated heterocycles. The van der Waals surface area contributed by atoms with Gasteiger partial charge in [-0.05, 0) is 31.4 Å². The van der Waals surface area contributed by atoms with Gasteiger partial charge >= 0.3 is 0 Å². The quantitative estimate of drug-likeness (QED) is 0.794. The molecule has 0 spiro atoms. The number of fused-ring (bicyclic) bond motifs is 1. The number of nitrogens with zero attached hydrogens (tertiary/aromatic N) is 2. The second kappa shape index (κ2) is 5.31. The molecule has 0 radical (unpaired) electrons. The number of hydrogen-bond donors (Lipinski definition) is 0. The van der Waals surface area contributed by atoms with Crippen LogP contribution in [0.5, 0.6) is 0 Å². The molecule has 0 saturated carbocycles. The topological polar surface area (TPSA) is 57.7 Å². The fraction of sp³-hybridized carbons (Fsp3) is 0.438. The lowest BCUT2D eigenvalue weighted by Crippen LogP contribution is -2.44. The van der Waals surface area contributed by atoms with Gasteiger partial charge < -0.3 is 4.90 Å². The number of imide groups is 1. The third-order valence-electron chi connectivity index (χ3n) is 4.34. The lowest BCUT2D eigenvalue weighted by Gasteiger charge is -2.25. The summed E-state index contributed by atoms with van der Waals surface area (Å²) in [6.45, 7) is 2.63. The highest BCUT2D eigenvalue weighted by Gasteiger charge is 2.38. The Kier molecular flexibility index (Phi) is 3.49. The number of hydrogen-bond acceptors (Lipinski definition) is 3. The standard InChI is InChI=1S/C16H18N2O3/c1-2-11-6-5-9-17(11)14(19)10-18-15(20)12-7-3-4-8-13(12)16(18)21/h3-4,7-8,11H,2,5-6,9-10H2,1H3. The summed E-state index contributed by atoms with van der Waals surface area (Å²) in [4.78, 5) is 39.8. The maximum atomic E-state index is 12.4. The minimum absolute atomic E-state index is 0.131. The van der Waals surface area contributed by atoms with Gasteiger partial charge in [-0.3, -0.25) is 19.3 Å². The van der Waals surface area contributed by atoms with Gasteiger partial charge in [-0.15, -0.1) is 0 Å². The van der Waals surface area contributed by atoms with Crippen LogP contribution in [0, 0.1) is 0 Å². The van der Waals surface area contributed by atoms with E-state index in [-0.39, 0.29) is 30.3 Å². The molecule has 2 aliphatic heterocycles. The molecule has 1 unspecified atom stereocenters. The lowest BCUT2D eigenvalue weighted by atomic mass is 10.1. The summed E-state index contributed by atoms with van der Waals surface area (Å²) in [6.07, 6.45) is 2.91. The van der Waals surface area contributed by atoms with Crippen molar-refractivity contribution in [2.24, 2.45) is 0 Å². The first-order chi connectivity index (χ1) is 10.1. The molecular weight excluding hydrogens is 268 g/mol. The summed E-state index contributed by atoms with van der Waals surface area (Å²) in [5.41, 5.74) is 0.785. The number of benzene rings is 1. The lowest BCUT2D eigenvalue weighted by molar-refractivity contribution is -0.132. The van der Waals surface area contributed by atoms with E-state index in [0.29, 0.717) is 11.1 Å². The van der Waals surface area contributed by atoms with Gasteiger partial charge in [0.25, 0.3) is 11.8 Å². The zero-order chi connectivity index (χ0) is 15.0. The summed E-state index contributed by atoms with van der Waals surface area (Å²) in [6, 6.07) is 6.95. The molecule has 110 valence electrons. The molecule has 0 aromatic heterocycles. The highest BCUT2D eigenvalue weighted by Crippen LogP contribution is 2.24. The molecule has 1 aromatic carbocycles. The summed E-state index contributed by atoms with van der Waals surface area (Å²) in [7, 11) is 0. The van der Waals surface area contributed by atoms with Gasteiger partial charge in [0.05, 0.1) is 11.1 Å². The first-order valence-corrected chi connectivity index (χ1v) is 7.38. The van der Waals surface area contributed by atoms with Gasteiger partial charge in [0.2, 0.25) is 5.91 Å². The SMILES string of the molecule is CCC1CCCN1C(=O)CN1C(=O)c2ccccc2C1=O. The Bertz CT molecular complexity index is 576. The average Bonchev–Trinajstić information content (AvgIpc) is 3.07. The molecule has 5 nitrogen and oxygen atoms in total. The maximum Gasteiger partial charge on any atom is 0.262 e. The minimum atomic E-state index is -0.365. The van der Waals surface area contributed by atoms with Crippen molar-refractivity contribution >= 4 is 17.7 Å². The van der Waals surface area contributed by atoms with Crippen molar-refractivity contribution in [3.8, 4) is 0 Å². The van der Waals surface area contributed by atoms with Crippen molar-refractivity contribution in [1.82, 2.24) is 9.80 Å². The van der Waals surface area contributed by atoms with E-state index in [1.807, 2.05) is 4.90 Å². The van der Waals surface area contributed by atoms with Crippen LogP contribution < -0.4 is 0 Å². The maximum absolute atomic E-state index is 12.4. The molecule has 0 N–H and O–H groups in total. The van der Waals surface area contributed by atoms with Crippen LogP contribution in [0.2, 0.25) is 0 Å². The Morgan fingerprint density at radius 1 is 1.19 bits per heavy atom. The third kappa shape index (κ3) is 2.22. The van der Waals surface area contributed by atoms with Crippen molar-refractivity contribution in [3.05, 3.63) is 35.4 Å². The average molecular weight is 286 g/mol. The van der Waals surface area contributed by atoms with E-state index in [0.717, 1.165) is 30.7 Å². The van der Waals surface area contributed by atoms with Crippen LogP contribution in [0.1, 0.15) is 46.9 Å². The molecule has 3 rings (SSSR count). The Morgan fingerprint density at radius 2 is 1.81 bits per heavy atom. The summed E-state index contributed by atoms with van der Waals surface area (Å²) >= 11 is 0. The van der Waals surface area contributed by atoms with Gasteiger partial charge in [0, 0.05) is 12.6 Å². The van der Waals surface area contributed by atoms with Gasteiger partial charge in [-0.1, -0.05) is 19.1 Å². The van der Waals surface area contributed by atoms with Crippen molar-refractivity contribution < 1.29 is 14.4 Å². The fourth-order valence-electron chi connectivity index (χ4n) is 3.20. The van der Waals surface area contributed by atoms with Crippen LogP contribution in [0.25, 0.3) is 0 Å². The van der Waals surface area contributed by atoms with E-state index in [4.69, 9.17) is 0 Å². The largest absolute Gasteiger partial charge is 0.338 e. The molecule has 3 amide bonds. The Balaban J connectivity index is 1.76. The highest BCUT2D eigenvalue weighted by atomic mass is 16.2. The van der Waals surface area contributed by atoms with Crippen LogP contribution in [0.4, 0.5) is 0 Å². The normalized spacial score (nSPS) is 21.1. The van der Waals surface area contributed by atoms with E-state index in [9.17, 15) is 14.4 Å². The predicted molar refractivity (Wildman–Crippen MR) is 76.8 cm³/mol. The van der Waals surface area contributed by atoms with Crippen LogP contribution in [-0.2, 0) is 4.79 Å². The first kappa shape index (κ1) is 13.8. The summed E-state index contributed by atoms with van der Waals surface area (Å²) in [5.74, 6) is -0.860. The van der Waals surface area contributed by atoms with E-state index in [2.05, 4.69) is 6.92 Å². The second-order valence-electron chi connectivity index (χ2n) is 5.53. The van der Waals surface area contributed by atoms with Crippen molar-refractivity contribution in [3.63, 3.8) is 0 Å². The van der Waals surface area contributed by atoms with E-state index < -0.39 is 0 Å². The summed E-state index contributed by atoms with van der Waals surface area (Å²) < 4.78 is 0. The predicted octanol–water partition coefficient (Wildman–Crippen LogP) is 1.68. The van der Waals surface area contributed by atoms with E-state index in [1.54, 1.807) is 24.3 Å². The Labute approximate surface area is 123 Å². The van der Waals surface area contributed by atoms with Crippen LogP contribution >= 0.6 is 0 Å². The number of carbonyl (C=O) groups is 3. The van der Waals surface area contributed by atoms with E-state index in [1.165, 1.54) is 0 Å². The highest BCUT2D eigenvalue weighted by molar-refractivity contribution is 6.22. The zero-order valence-electron chi connectivity index (χ0n) is 12.0. The van der Waals surface area contributed by atoms with Crippen LogP contribution in [0.3, 0.4) is 0 Å². The Morgan fingerprint density at radius 3 is 2.38 bits per heavy atom. The zero-order valence-corrected chi connectivity index (χ0v) is 12.0. The van der Waals surface area contributed by atoms with Crippen molar-refractivity contribution in [2.75, 3.05) is 13.1 Å². The fourth-order valence-corrected chi connectivity index (χ4v) is 3.20. The van der Waals surface area contributed by atoms with Crippen LogP contribution in [0.15, 0.2) is 24.3 Å². The van der Waals surface area contributed by atoms with Crippen molar-refractivity contribution in [2.45, 2.75) is 32.2 Å². The number of likely N-dealkylation sites (tertiary alicyclic amines) is 1. The molecule has 2 heterocycles. The Hall–Kier alpha value is -2.17. The number of amides is 3. The molecule has 21 heavy (non-hydrogen) atoms. The van der Waals surface area contributed by atoms with Gasteiger partial charge in [-0.25, -0.2) is 0 Å². The molecule has 5 heteroatoms. The molecule has 0 aliphatic carbocycles. The molecule has 2 aliphatic rings. The molecule has 0 bridgehead atoms. The van der Waals surface area contributed by atoms with Crippen LogP contribution in [-0.4, -0.2) is 46.7 Å². The monoisotopic (exact) mass is 286 g/mol. The molecule has 1 atom stereocenters. The minimum Gasteiger partial charge on any atom is -0.338 e. The van der Waals surface area contributed by atoms with Gasteiger partial charge in [0.1, 0.15) is 6.54 Å². The smallest absolute Gasteiger partial charge is 0.262 e. The number of rotatable bonds is 3. The van der Waals surface area contributed by atoms with Gasteiger partial charge in [0.15, 0.2) is 0 Å². The van der Waals surface area contributed by atoms with Crippen molar-refractivity contribution in [1.29, 1.82) is 0 Å². The molecule has 1 aromatic rings. The summed E-state index contributed by atoms with van der Waals surface area (Å²) in [5, 5.41) is 0. The molecular formula is C16H18N2O3. The van der Waals surface area contributed by atoms with Gasteiger partial charge in [-0.2, -0.15) is 0 Å². The third-order valence-corrected chi connectivity index (χ3v) is 4.34.